The summed E-state index contributed by atoms with van der Waals surface area (Å²) in [6, 6.07) is 17.6. The van der Waals surface area contributed by atoms with Gasteiger partial charge in [-0.2, -0.15) is 5.26 Å². The molecule has 1 fully saturated rings. The molecule has 0 saturated carbocycles. The van der Waals surface area contributed by atoms with Crippen LogP contribution < -0.4 is 15.4 Å². The quantitative estimate of drug-likeness (QED) is 0.520. The van der Waals surface area contributed by atoms with Crippen molar-refractivity contribution in [2.45, 2.75) is 18.9 Å². The van der Waals surface area contributed by atoms with Crippen LogP contribution in [-0.2, 0) is 14.3 Å². The lowest BCUT2D eigenvalue weighted by molar-refractivity contribution is -0.123. The maximum absolute atomic E-state index is 12.3. The number of hydrogen-bond donors (Lipinski definition) is 2. The number of anilines is 1. The van der Waals surface area contributed by atoms with E-state index in [-0.39, 0.29) is 24.2 Å². The number of carbonyl (C=O) groups is 2. The molecular weight excluding hydrogens is 382 g/mol. The summed E-state index contributed by atoms with van der Waals surface area (Å²) >= 11 is 0. The third kappa shape index (κ3) is 6.47. The highest BCUT2D eigenvalue weighted by molar-refractivity contribution is 6.09. The van der Waals surface area contributed by atoms with Gasteiger partial charge in [-0.25, -0.2) is 0 Å². The SMILES string of the molecule is N#C/C(=C\c1ccc(OCC(=O)NC[C@H]2CCCO2)cc1)C(=O)Nc1ccccc1. The van der Waals surface area contributed by atoms with Crippen molar-refractivity contribution in [2.24, 2.45) is 0 Å². The highest BCUT2D eigenvalue weighted by Crippen LogP contribution is 2.16. The van der Waals surface area contributed by atoms with Gasteiger partial charge in [0.2, 0.25) is 0 Å². The van der Waals surface area contributed by atoms with Gasteiger partial charge in [-0.05, 0) is 48.7 Å². The Morgan fingerprint density at radius 3 is 2.60 bits per heavy atom. The van der Waals surface area contributed by atoms with E-state index in [4.69, 9.17) is 9.47 Å². The predicted octanol–water partition coefficient (Wildman–Crippen LogP) is 2.91. The number of para-hydroxylation sites is 1. The molecule has 7 heteroatoms. The van der Waals surface area contributed by atoms with Crippen LogP contribution in [0.25, 0.3) is 6.08 Å². The number of nitrogens with zero attached hydrogens (tertiary/aromatic N) is 1. The monoisotopic (exact) mass is 405 g/mol. The Hall–Kier alpha value is -3.63. The summed E-state index contributed by atoms with van der Waals surface area (Å²) < 4.78 is 10.9. The molecule has 0 aromatic heterocycles. The fraction of sp³-hybridized carbons (Fsp3) is 0.261. The van der Waals surface area contributed by atoms with Gasteiger partial charge in [-0.3, -0.25) is 9.59 Å². The first-order valence-electron chi connectivity index (χ1n) is 9.73. The van der Waals surface area contributed by atoms with E-state index >= 15 is 0 Å². The molecule has 2 amide bonds. The number of carbonyl (C=O) groups excluding carboxylic acids is 2. The molecule has 7 nitrogen and oxygen atoms in total. The van der Waals surface area contributed by atoms with Crippen molar-refractivity contribution in [3.05, 3.63) is 65.7 Å². The number of amides is 2. The number of rotatable bonds is 8. The van der Waals surface area contributed by atoms with Crippen LogP contribution in [0.15, 0.2) is 60.2 Å². The Bertz CT molecular complexity index is 927. The van der Waals surface area contributed by atoms with E-state index in [9.17, 15) is 14.9 Å². The topological polar surface area (TPSA) is 100 Å². The highest BCUT2D eigenvalue weighted by atomic mass is 16.5. The summed E-state index contributed by atoms with van der Waals surface area (Å²) in [5.74, 6) is -0.169. The summed E-state index contributed by atoms with van der Waals surface area (Å²) in [6.45, 7) is 1.15. The summed E-state index contributed by atoms with van der Waals surface area (Å²) in [6.07, 6.45) is 3.58. The van der Waals surface area contributed by atoms with Crippen LogP contribution in [-0.4, -0.2) is 37.7 Å². The Morgan fingerprint density at radius 1 is 1.17 bits per heavy atom. The molecule has 0 bridgehead atoms. The van der Waals surface area contributed by atoms with Gasteiger partial charge >= 0.3 is 0 Å². The standard InChI is InChI=1S/C23H23N3O4/c24-14-18(23(28)26-19-5-2-1-3-6-19)13-17-8-10-20(11-9-17)30-16-22(27)25-15-21-7-4-12-29-21/h1-3,5-6,8-11,13,21H,4,7,12,15-16H2,(H,25,27)(H,26,28)/b18-13+/t21-/m1/s1. The molecule has 30 heavy (non-hydrogen) atoms. The highest BCUT2D eigenvalue weighted by Gasteiger charge is 2.16. The average Bonchev–Trinajstić information content (AvgIpc) is 3.30. The van der Waals surface area contributed by atoms with E-state index in [0.717, 1.165) is 19.4 Å². The Balaban J connectivity index is 1.50. The molecule has 1 aliphatic rings. The van der Waals surface area contributed by atoms with E-state index in [2.05, 4.69) is 10.6 Å². The minimum atomic E-state index is -0.480. The van der Waals surface area contributed by atoms with Crippen molar-refractivity contribution in [3.8, 4) is 11.8 Å². The third-order valence-corrected chi connectivity index (χ3v) is 4.51. The van der Waals surface area contributed by atoms with Crippen molar-refractivity contribution in [1.82, 2.24) is 5.32 Å². The first-order valence-corrected chi connectivity index (χ1v) is 9.73. The smallest absolute Gasteiger partial charge is 0.266 e. The van der Waals surface area contributed by atoms with Crippen molar-refractivity contribution < 1.29 is 19.1 Å². The molecule has 2 aromatic rings. The maximum atomic E-state index is 12.3. The Labute approximate surface area is 175 Å². The fourth-order valence-electron chi connectivity index (χ4n) is 2.93. The van der Waals surface area contributed by atoms with Crippen LogP contribution in [0.3, 0.4) is 0 Å². The molecule has 1 heterocycles. The molecule has 154 valence electrons. The fourth-order valence-corrected chi connectivity index (χ4v) is 2.93. The molecule has 1 aliphatic heterocycles. The lowest BCUT2D eigenvalue weighted by Crippen LogP contribution is -2.35. The number of nitriles is 1. The van der Waals surface area contributed by atoms with E-state index in [1.54, 1.807) is 48.5 Å². The van der Waals surface area contributed by atoms with Crippen molar-refractivity contribution in [3.63, 3.8) is 0 Å². The van der Waals surface area contributed by atoms with Gasteiger partial charge in [-0.1, -0.05) is 30.3 Å². The normalized spacial score (nSPS) is 15.8. The summed E-state index contributed by atoms with van der Waals surface area (Å²) in [5.41, 5.74) is 1.27. The van der Waals surface area contributed by atoms with Gasteiger partial charge < -0.3 is 20.1 Å². The molecule has 0 radical (unpaired) electrons. The molecule has 2 aromatic carbocycles. The van der Waals surface area contributed by atoms with Gasteiger partial charge in [0.25, 0.3) is 11.8 Å². The van der Waals surface area contributed by atoms with Gasteiger partial charge in [-0.15, -0.1) is 0 Å². The molecule has 3 rings (SSSR count). The van der Waals surface area contributed by atoms with Crippen molar-refractivity contribution in [1.29, 1.82) is 5.26 Å². The lowest BCUT2D eigenvalue weighted by Gasteiger charge is -2.11. The first kappa shape index (κ1) is 21.1. The van der Waals surface area contributed by atoms with Crippen molar-refractivity contribution >= 4 is 23.6 Å². The Morgan fingerprint density at radius 2 is 1.93 bits per heavy atom. The van der Waals surface area contributed by atoms with Crippen LogP contribution in [0, 0.1) is 11.3 Å². The second-order valence-corrected chi connectivity index (χ2v) is 6.79. The van der Waals surface area contributed by atoms with Gasteiger partial charge in [0.15, 0.2) is 6.61 Å². The maximum Gasteiger partial charge on any atom is 0.266 e. The third-order valence-electron chi connectivity index (χ3n) is 4.51. The van der Waals surface area contributed by atoms with Gasteiger partial charge in [0.1, 0.15) is 17.4 Å². The molecular formula is C23H23N3O4. The van der Waals surface area contributed by atoms with E-state index < -0.39 is 5.91 Å². The van der Waals surface area contributed by atoms with Crippen LogP contribution in [0.4, 0.5) is 5.69 Å². The summed E-state index contributed by atoms with van der Waals surface area (Å²) in [4.78, 5) is 24.1. The van der Waals surface area contributed by atoms with E-state index in [1.165, 1.54) is 6.08 Å². The van der Waals surface area contributed by atoms with E-state index in [0.29, 0.717) is 23.5 Å². The summed E-state index contributed by atoms with van der Waals surface area (Å²) in [7, 11) is 0. The zero-order valence-electron chi connectivity index (χ0n) is 16.5. The number of nitrogens with one attached hydrogen (secondary N) is 2. The summed E-state index contributed by atoms with van der Waals surface area (Å²) in [5, 5.41) is 14.8. The predicted molar refractivity (Wildman–Crippen MR) is 113 cm³/mol. The molecule has 2 N–H and O–H groups in total. The largest absolute Gasteiger partial charge is 0.484 e. The van der Waals surface area contributed by atoms with Gasteiger partial charge in [0, 0.05) is 18.8 Å². The second-order valence-electron chi connectivity index (χ2n) is 6.79. The second kappa shape index (κ2) is 10.8. The first-order chi connectivity index (χ1) is 14.6. The van der Waals surface area contributed by atoms with Crippen LogP contribution in [0.2, 0.25) is 0 Å². The average molecular weight is 405 g/mol. The molecule has 0 unspecified atom stereocenters. The molecule has 1 saturated heterocycles. The molecule has 0 spiro atoms. The molecule has 1 atom stereocenters. The minimum Gasteiger partial charge on any atom is -0.484 e. The van der Waals surface area contributed by atoms with Crippen LogP contribution >= 0.6 is 0 Å². The van der Waals surface area contributed by atoms with Crippen LogP contribution in [0.1, 0.15) is 18.4 Å². The number of ether oxygens (including phenoxy) is 2. The van der Waals surface area contributed by atoms with Crippen LogP contribution in [0.5, 0.6) is 5.75 Å². The zero-order valence-corrected chi connectivity index (χ0v) is 16.5. The van der Waals surface area contributed by atoms with Crippen molar-refractivity contribution in [2.75, 3.05) is 25.1 Å². The minimum absolute atomic E-state index is 0.0129. The van der Waals surface area contributed by atoms with Gasteiger partial charge in [0.05, 0.1) is 6.10 Å². The van der Waals surface area contributed by atoms with E-state index in [1.807, 2.05) is 12.1 Å². The lowest BCUT2D eigenvalue weighted by atomic mass is 10.1. The zero-order chi connectivity index (χ0) is 21.2. The number of hydrogen-bond acceptors (Lipinski definition) is 5. The number of benzene rings is 2. The molecule has 0 aliphatic carbocycles. The Kier molecular flexibility index (Phi) is 7.58.